The summed E-state index contributed by atoms with van der Waals surface area (Å²) in [6, 6.07) is 22.0. The van der Waals surface area contributed by atoms with Crippen molar-refractivity contribution in [3.05, 3.63) is 77.9 Å². The first-order chi connectivity index (χ1) is 12.7. The fourth-order valence-corrected chi connectivity index (χ4v) is 4.05. The highest BCUT2D eigenvalue weighted by Gasteiger charge is 2.23. The molecule has 0 saturated heterocycles. The predicted molar refractivity (Wildman–Crippen MR) is 104 cm³/mol. The van der Waals surface area contributed by atoms with Crippen LogP contribution >= 0.6 is 0 Å². The molecule has 4 nitrogen and oxygen atoms in total. The van der Waals surface area contributed by atoms with Crippen LogP contribution in [-0.4, -0.2) is 8.76 Å². The molecular weight excluding hydrogens is 346 g/mol. The molecule has 0 radical (unpaired) electrons. The van der Waals surface area contributed by atoms with Crippen molar-refractivity contribution in [3.8, 4) is 22.5 Å². The second-order valence-corrected chi connectivity index (χ2v) is 7.09. The minimum Gasteiger partial charge on any atom is -0.456 e. The average molecular weight is 361 g/mol. The summed E-state index contributed by atoms with van der Waals surface area (Å²) in [6.45, 7) is 0. The SMILES string of the molecule is O=S(O)Nc1cc(-c2cc3ccccc3o2)cc2c1Cc1ccccc1-2. The van der Waals surface area contributed by atoms with Crippen molar-refractivity contribution in [2.45, 2.75) is 6.42 Å². The van der Waals surface area contributed by atoms with Gasteiger partial charge in [0.1, 0.15) is 11.3 Å². The molecule has 1 atom stereocenters. The number of anilines is 1. The van der Waals surface area contributed by atoms with E-state index in [2.05, 4.69) is 22.9 Å². The fraction of sp³-hybridized carbons (Fsp3) is 0.0476. The Kier molecular flexibility index (Phi) is 3.45. The lowest BCUT2D eigenvalue weighted by Crippen LogP contribution is -2.04. The number of hydrogen-bond acceptors (Lipinski definition) is 2. The first-order valence-corrected chi connectivity index (χ1v) is 9.41. The van der Waals surface area contributed by atoms with Gasteiger partial charge >= 0.3 is 0 Å². The third-order valence-electron chi connectivity index (χ3n) is 4.83. The van der Waals surface area contributed by atoms with Gasteiger partial charge in [0.05, 0.1) is 5.69 Å². The van der Waals surface area contributed by atoms with Crippen molar-refractivity contribution >= 4 is 27.9 Å². The molecule has 0 saturated carbocycles. The van der Waals surface area contributed by atoms with Gasteiger partial charge < -0.3 is 4.42 Å². The number of hydrogen-bond donors (Lipinski definition) is 2. The zero-order valence-electron chi connectivity index (χ0n) is 13.7. The number of fused-ring (bicyclic) bond motifs is 4. The lowest BCUT2D eigenvalue weighted by Gasteiger charge is -2.11. The number of para-hydroxylation sites is 1. The van der Waals surface area contributed by atoms with E-state index in [1.807, 2.05) is 48.5 Å². The Hall–Kier alpha value is -2.89. The van der Waals surface area contributed by atoms with E-state index < -0.39 is 11.3 Å². The van der Waals surface area contributed by atoms with Crippen molar-refractivity contribution in [3.63, 3.8) is 0 Å². The third kappa shape index (κ3) is 2.44. The van der Waals surface area contributed by atoms with Crippen LogP contribution in [0.5, 0.6) is 0 Å². The molecule has 0 fully saturated rings. The highest BCUT2D eigenvalue weighted by Crippen LogP contribution is 2.43. The summed E-state index contributed by atoms with van der Waals surface area (Å²) in [7, 11) is 0. The molecule has 5 heteroatoms. The molecule has 1 heterocycles. The van der Waals surface area contributed by atoms with Gasteiger partial charge in [-0.1, -0.05) is 42.5 Å². The Morgan fingerprint density at radius 3 is 2.62 bits per heavy atom. The molecule has 128 valence electrons. The summed E-state index contributed by atoms with van der Waals surface area (Å²) in [6.07, 6.45) is 0.742. The summed E-state index contributed by atoms with van der Waals surface area (Å²) in [5.74, 6) is 0.741. The van der Waals surface area contributed by atoms with Crippen LogP contribution in [0, 0.1) is 0 Å². The number of rotatable bonds is 3. The van der Waals surface area contributed by atoms with E-state index in [1.54, 1.807) is 0 Å². The second kappa shape index (κ2) is 5.83. The lowest BCUT2D eigenvalue weighted by molar-refractivity contribution is 0.570. The van der Waals surface area contributed by atoms with Gasteiger partial charge in [-0.2, -0.15) is 0 Å². The van der Waals surface area contributed by atoms with Gasteiger partial charge in [-0.3, -0.25) is 9.27 Å². The quantitative estimate of drug-likeness (QED) is 0.433. The van der Waals surface area contributed by atoms with Crippen molar-refractivity contribution in [2.75, 3.05) is 4.72 Å². The van der Waals surface area contributed by atoms with Crippen LogP contribution in [-0.2, 0) is 17.7 Å². The van der Waals surface area contributed by atoms with E-state index in [-0.39, 0.29) is 0 Å². The fourth-order valence-electron chi connectivity index (χ4n) is 3.68. The van der Waals surface area contributed by atoms with Crippen LogP contribution < -0.4 is 4.72 Å². The Morgan fingerprint density at radius 2 is 1.77 bits per heavy atom. The van der Waals surface area contributed by atoms with Crippen LogP contribution in [0.25, 0.3) is 33.4 Å². The van der Waals surface area contributed by atoms with E-state index in [0.29, 0.717) is 5.69 Å². The molecule has 0 spiro atoms. The molecule has 3 aromatic carbocycles. The topological polar surface area (TPSA) is 62.5 Å². The molecule has 1 aliphatic rings. The molecule has 2 N–H and O–H groups in total. The van der Waals surface area contributed by atoms with Crippen LogP contribution in [0.1, 0.15) is 11.1 Å². The van der Waals surface area contributed by atoms with Crippen LogP contribution in [0.4, 0.5) is 5.69 Å². The molecule has 0 amide bonds. The van der Waals surface area contributed by atoms with Gasteiger partial charge in [-0.25, -0.2) is 4.21 Å². The van der Waals surface area contributed by atoms with E-state index in [4.69, 9.17) is 4.42 Å². The molecule has 0 bridgehead atoms. The molecule has 4 aromatic rings. The maximum absolute atomic E-state index is 11.4. The van der Waals surface area contributed by atoms with Crippen molar-refractivity contribution in [1.82, 2.24) is 0 Å². The molecule has 26 heavy (non-hydrogen) atoms. The normalized spacial score (nSPS) is 13.4. The van der Waals surface area contributed by atoms with Gasteiger partial charge in [0.25, 0.3) is 11.3 Å². The first-order valence-electron chi connectivity index (χ1n) is 8.31. The van der Waals surface area contributed by atoms with Crippen LogP contribution in [0.15, 0.2) is 71.1 Å². The summed E-state index contributed by atoms with van der Waals surface area (Å²) in [5.41, 5.74) is 6.85. The van der Waals surface area contributed by atoms with Crippen molar-refractivity contribution < 1.29 is 13.2 Å². The second-order valence-electron chi connectivity index (χ2n) is 6.38. The largest absolute Gasteiger partial charge is 0.456 e. The minimum atomic E-state index is -2.13. The van der Waals surface area contributed by atoms with E-state index >= 15 is 0 Å². The van der Waals surface area contributed by atoms with Gasteiger partial charge in [0, 0.05) is 17.4 Å². The summed E-state index contributed by atoms with van der Waals surface area (Å²) in [5, 5.41) is 1.03. The average Bonchev–Trinajstić information content (AvgIpc) is 3.22. The third-order valence-corrected chi connectivity index (χ3v) is 5.23. The Balaban J connectivity index is 1.73. The highest BCUT2D eigenvalue weighted by atomic mass is 32.2. The Bertz CT molecular complexity index is 1150. The predicted octanol–water partition coefficient (Wildman–Crippen LogP) is 5.22. The van der Waals surface area contributed by atoms with Gasteiger partial charge in [-0.05, 0) is 46.5 Å². The number of benzene rings is 3. The zero-order chi connectivity index (χ0) is 17.7. The van der Waals surface area contributed by atoms with Crippen LogP contribution in [0.3, 0.4) is 0 Å². The summed E-state index contributed by atoms with van der Waals surface area (Å²) in [4.78, 5) is 0. The monoisotopic (exact) mass is 361 g/mol. The van der Waals surface area contributed by atoms with Crippen LogP contribution in [0.2, 0.25) is 0 Å². The van der Waals surface area contributed by atoms with Crippen molar-refractivity contribution in [2.24, 2.45) is 0 Å². The standard InChI is InChI=1S/C21H15NO3S/c23-26(24)22-19-11-15(21-12-14-6-2-4-8-20(14)25-21)10-17-16-7-3-1-5-13(16)9-18(17)19/h1-8,10-12,22H,9H2,(H,23,24). The number of nitrogens with one attached hydrogen (secondary N) is 1. The molecule has 5 rings (SSSR count). The van der Waals surface area contributed by atoms with E-state index in [9.17, 15) is 8.76 Å². The van der Waals surface area contributed by atoms with E-state index in [0.717, 1.165) is 45.4 Å². The maximum Gasteiger partial charge on any atom is 0.259 e. The minimum absolute atomic E-state index is 0.662. The Morgan fingerprint density at radius 1 is 0.962 bits per heavy atom. The molecule has 1 aliphatic carbocycles. The summed E-state index contributed by atoms with van der Waals surface area (Å²) < 4.78 is 29.4. The van der Waals surface area contributed by atoms with Crippen molar-refractivity contribution in [1.29, 1.82) is 0 Å². The summed E-state index contributed by atoms with van der Waals surface area (Å²) >= 11 is -2.13. The van der Waals surface area contributed by atoms with Gasteiger partial charge in [-0.15, -0.1) is 0 Å². The highest BCUT2D eigenvalue weighted by molar-refractivity contribution is 7.80. The lowest BCUT2D eigenvalue weighted by atomic mass is 10.00. The number of furan rings is 1. The zero-order valence-corrected chi connectivity index (χ0v) is 14.5. The first kappa shape index (κ1) is 15.4. The molecule has 1 unspecified atom stereocenters. The molecular formula is C21H15NO3S. The van der Waals surface area contributed by atoms with E-state index in [1.165, 1.54) is 5.56 Å². The van der Waals surface area contributed by atoms with Gasteiger partial charge in [0.15, 0.2) is 0 Å². The van der Waals surface area contributed by atoms with Gasteiger partial charge in [0.2, 0.25) is 0 Å². The Labute approximate surface area is 152 Å². The molecule has 0 aliphatic heterocycles. The molecule has 1 aromatic heterocycles. The maximum atomic E-state index is 11.4. The smallest absolute Gasteiger partial charge is 0.259 e.